The lowest BCUT2D eigenvalue weighted by molar-refractivity contribution is -0.121. The highest BCUT2D eigenvalue weighted by Crippen LogP contribution is 2.46. The molecule has 1 atom stereocenters. The summed E-state index contributed by atoms with van der Waals surface area (Å²) in [6.45, 7) is 0.731. The Bertz CT molecular complexity index is 457. The summed E-state index contributed by atoms with van der Waals surface area (Å²) < 4.78 is 11.1. The van der Waals surface area contributed by atoms with Crippen molar-refractivity contribution in [2.45, 2.75) is 31.6 Å². The second kappa shape index (κ2) is 4.63. The van der Waals surface area contributed by atoms with E-state index in [1.807, 2.05) is 12.1 Å². The van der Waals surface area contributed by atoms with Crippen molar-refractivity contribution in [1.82, 2.24) is 0 Å². The van der Waals surface area contributed by atoms with E-state index >= 15 is 0 Å². The van der Waals surface area contributed by atoms with Crippen LogP contribution in [-0.4, -0.2) is 19.5 Å². The summed E-state index contributed by atoms with van der Waals surface area (Å²) in [5, 5.41) is 0. The van der Waals surface area contributed by atoms with Crippen LogP contribution < -0.4 is 9.47 Å². The number of rotatable bonds is 2. The largest absolute Gasteiger partial charge is 0.493 e. The van der Waals surface area contributed by atoms with E-state index < -0.39 is 0 Å². The molecule has 3 heteroatoms. The molecule has 0 radical (unpaired) electrons. The van der Waals surface area contributed by atoms with E-state index in [1.54, 1.807) is 7.11 Å². The molecule has 0 aromatic heterocycles. The molecule has 0 spiro atoms. The Kier molecular flexibility index (Phi) is 2.98. The minimum absolute atomic E-state index is 0.413. The van der Waals surface area contributed by atoms with Gasteiger partial charge in [0.25, 0.3) is 0 Å². The van der Waals surface area contributed by atoms with E-state index in [1.165, 1.54) is 5.56 Å². The normalized spacial score (nSPS) is 23.6. The number of fused-ring (bicyclic) bond motifs is 1. The summed E-state index contributed by atoms with van der Waals surface area (Å²) in [5.41, 5.74) is 1.26. The van der Waals surface area contributed by atoms with Crippen LogP contribution >= 0.6 is 0 Å². The topological polar surface area (TPSA) is 35.5 Å². The second-order valence-corrected chi connectivity index (χ2v) is 5.17. The second-order valence-electron chi connectivity index (χ2n) is 5.17. The number of hydrogen-bond donors (Lipinski definition) is 0. The first-order chi connectivity index (χ1) is 8.79. The maximum Gasteiger partial charge on any atom is 0.164 e. The molecular weight excluding hydrogens is 228 g/mol. The average molecular weight is 246 g/mol. The van der Waals surface area contributed by atoms with Gasteiger partial charge in [0.05, 0.1) is 13.7 Å². The van der Waals surface area contributed by atoms with Gasteiger partial charge in [0.2, 0.25) is 0 Å². The van der Waals surface area contributed by atoms with Gasteiger partial charge in [-0.25, -0.2) is 0 Å². The molecule has 1 aromatic rings. The number of methoxy groups -OCH3 is 1. The zero-order valence-corrected chi connectivity index (χ0v) is 10.6. The van der Waals surface area contributed by atoms with Gasteiger partial charge >= 0.3 is 0 Å². The van der Waals surface area contributed by atoms with E-state index in [-0.39, 0.29) is 0 Å². The zero-order chi connectivity index (χ0) is 12.5. The summed E-state index contributed by atoms with van der Waals surface area (Å²) in [4.78, 5) is 11.3. The van der Waals surface area contributed by atoms with Crippen LogP contribution in [0.2, 0.25) is 0 Å². The lowest BCUT2D eigenvalue weighted by Gasteiger charge is -2.25. The molecule has 3 nitrogen and oxygen atoms in total. The van der Waals surface area contributed by atoms with E-state index in [9.17, 15) is 4.79 Å². The van der Waals surface area contributed by atoms with Gasteiger partial charge in [-0.3, -0.25) is 4.79 Å². The predicted octanol–water partition coefficient (Wildman–Crippen LogP) is 2.93. The van der Waals surface area contributed by atoms with Gasteiger partial charge in [-0.1, -0.05) is 12.1 Å². The van der Waals surface area contributed by atoms with Gasteiger partial charge in [-0.2, -0.15) is 0 Å². The number of carbonyl (C=O) groups excluding carboxylic acids is 1. The first-order valence-electron chi connectivity index (χ1n) is 6.61. The monoisotopic (exact) mass is 246 g/mol. The van der Waals surface area contributed by atoms with Crippen molar-refractivity contribution in [3.05, 3.63) is 23.8 Å². The summed E-state index contributed by atoms with van der Waals surface area (Å²) in [6.07, 6.45) is 3.48. The van der Waals surface area contributed by atoms with Gasteiger partial charge in [-0.05, 0) is 24.8 Å². The summed E-state index contributed by atoms with van der Waals surface area (Å²) in [6, 6.07) is 6.09. The molecule has 0 N–H and O–H groups in total. The molecule has 0 saturated heterocycles. The quantitative estimate of drug-likeness (QED) is 0.804. The average Bonchev–Trinajstić information content (AvgIpc) is 2.83. The lowest BCUT2D eigenvalue weighted by Crippen LogP contribution is -2.21. The molecule has 1 aromatic carbocycles. The maximum atomic E-state index is 11.3. The van der Waals surface area contributed by atoms with Crippen LogP contribution in [0.5, 0.6) is 11.5 Å². The van der Waals surface area contributed by atoms with Crippen LogP contribution in [-0.2, 0) is 4.79 Å². The highest BCUT2D eigenvalue weighted by molar-refractivity contribution is 5.79. The molecule has 2 aliphatic rings. The smallest absolute Gasteiger partial charge is 0.164 e. The Balaban J connectivity index is 1.84. The van der Waals surface area contributed by atoms with Crippen molar-refractivity contribution in [3.8, 4) is 11.5 Å². The fourth-order valence-electron chi connectivity index (χ4n) is 3.16. The Morgan fingerprint density at radius 2 is 2.06 bits per heavy atom. The van der Waals surface area contributed by atoms with Gasteiger partial charge < -0.3 is 9.47 Å². The molecule has 0 bridgehead atoms. The number of Topliss-reactive ketones (excluding diaryl/α,β-unsaturated/α-hetero) is 1. The Morgan fingerprint density at radius 1 is 1.28 bits per heavy atom. The zero-order valence-electron chi connectivity index (χ0n) is 10.6. The summed E-state index contributed by atoms with van der Waals surface area (Å²) in [5.74, 6) is 3.15. The number of ether oxygens (including phenoxy) is 2. The molecular formula is C15H18O3. The van der Waals surface area contributed by atoms with Crippen molar-refractivity contribution < 1.29 is 14.3 Å². The number of ketones is 1. The van der Waals surface area contributed by atoms with E-state index in [2.05, 4.69) is 6.07 Å². The third-order valence-corrected chi connectivity index (χ3v) is 4.19. The highest BCUT2D eigenvalue weighted by atomic mass is 16.5. The van der Waals surface area contributed by atoms with Crippen LogP contribution in [0.4, 0.5) is 0 Å². The molecule has 18 heavy (non-hydrogen) atoms. The molecule has 1 unspecified atom stereocenters. The van der Waals surface area contributed by atoms with Crippen molar-refractivity contribution in [1.29, 1.82) is 0 Å². The predicted molar refractivity (Wildman–Crippen MR) is 68.2 cm³/mol. The van der Waals surface area contributed by atoms with Gasteiger partial charge in [0, 0.05) is 24.3 Å². The SMILES string of the molecule is COc1cccc2c1OCC2C1CCC(=O)CC1. The molecule has 3 rings (SSSR count). The first-order valence-corrected chi connectivity index (χ1v) is 6.61. The minimum atomic E-state index is 0.413. The number of para-hydroxylation sites is 1. The van der Waals surface area contributed by atoms with Gasteiger partial charge in [0.15, 0.2) is 11.5 Å². The molecule has 1 aliphatic heterocycles. The summed E-state index contributed by atoms with van der Waals surface area (Å²) in [7, 11) is 1.67. The van der Waals surface area contributed by atoms with E-state index in [0.717, 1.165) is 43.8 Å². The molecule has 96 valence electrons. The third kappa shape index (κ3) is 1.88. The van der Waals surface area contributed by atoms with Crippen molar-refractivity contribution in [2.24, 2.45) is 5.92 Å². The molecule has 0 amide bonds. The van der Waals surface area contributed by atoms with E-state index in [0.29, 0.717) is 17.6 Å². The number of hydrogen-bond acceptors (Lipinski definition) is 3. The van der Waals surface area contributed by atoms with Gasteiger partial charge in [0.1, 0.15) is 5.78 Å². The third-order valence-electron chi connectivity index (χ3n) is 4.19. The maximum absolute atomic E-state index is 11.3. The fraction of sp³-hybridized carbons (Fsp3) is 0.533. The van der Waals surface area contributed by atoms with E-state index in [4.69, 9.17) is 9.47 Å². The minimum Gasteiger partial charge on any atom is -0.493 e. The van der Waals surface area contributed by atoms with Crippen LogP contribution in [0.1, 0.15) is 37.2 Å². The molecule has 1 fully saturated rings. The van der Waals surface area contributed by atoms with Crippen LogP contribution in [0.15, 0.2) is 18.2 Å². The van der Waals surface area contributed by atoms with Crippen LogP contribution in [0, 0.1) is 5.92 Å². The molecule has 1 aliphatic carbocycles. The van der Waals surface area contributed by atoms with Gasteiger partial charge in [-0.15, -0.1) is 0 Å². The Hall–Kier alpha value is -1.51. The van der Waals surface area contributed by atoms with Crippen molar-refractivity contribution in [3.63, 3.8) is 0 Å². The highest BCUT2D eigenvalue weighted by Gasteiger charge is 2.34. The lowest BCUT2D eigenvalue weighted by atomic mass is 9.77. The van der Waals surface area contributed by atoms with Crippen LogP contribution in [0.25, 0.3) is 0 Å². The Morgan fingerprint density at radius 3 is 2.78 bits per heavy atom. The van der Waals surface area contributed by atoms with Crippen LogP contribution in [0.3, 0.4) is 0 Å². The molecule has 1 saturated carbocycles. The standard InChI is InChI=1S/C15H18O3/c1-17-14-4-2-3-12-13(9-18-15(12)14)10-5-7-11(16)8-6-10/h2-4,10,13H,5-9H2,1H3. The first kappa shape index (κ1) is 11.6. The number of carbonyl (C=O) groups is 1. The number of benzene rings is 1. The van der Waals surface area contributed by atoms with Crippen molar-refractivity contribution in [2.75, 3.05) is 13.7 Å². The van der Waals surface area contributed by atoms with Crippen molar-refractivity contribution >= 4 is 5.78 Å². The Labute approximate surface area is 107 Å². The summed E-state index contributed by atoms with van der Waals surface area (Å²) >= 11 is 0. The fourth-order valence-corrected chi connectivity index (χ4v) is 3.16. The molecule has 1 heterocycles.